The van der Waals surface area contributed by atoms with Crippen molar-refractivity contribution in [3.05, 3.63) is 65.5 Å². The van der Waals surface area contributed by atoms with Crippen molar-refractivity contribution >= 4 is 5.78 Å². The second-order valence-corrected chi connectivity index (χ2v) is 3.71. The lowest BCUT2D eigenvalue weighted by Gasteiger charge is -2.05. The van der Waals surface area contributed by atoms with Crippen LogP contribution < -0.4 is 0 Å². The van der Waals surface area contributed by atoms with E-state index in [2.05, 4.69) is 4.98 Å². The lowest BCUT2D eigenvalue weighted by molar-refractivity contribution is 0.101. The van der Waals surface area contributed by atoms with Gasteiger partial charge in [0.1, 0.15) is 0 Å². The maximum absolute atomic E-state index is 11.4. The van der Waals surface area contributed by atoms with E-state index in [9.17, 15) is 4.79 Å². The normalized spacial score (nSPS) is 10.1. The maximum Gasteiger partial charge on any atom is 0.160 e. The van der Waals surface area contributed by atoms with Gasteiger partial charge in [0.2, 0.25) is 0 Å². The zero-order chi connectivity index (χ0) is 11.4. The molecule has 0 amide bonds. The van der Waals surface area contributed by atoms with Crippen LogP contribution in [0.4, 0.5) is 0 Å². The van der Waals surface area contributed by atoms with Crippen molar-refractivity contribution in [2.45, 2.75) is 13.3 Å². The van der Waals surface area contributed by atoms with Gasteiger partial charge in [0, 0.05) is 23.9 Å². The molecule has 16 heavy (non-hydrogen) atoms. The Hall–Kier alpha value is -1.96. The van der Waals surface area contributed by atoms with Crippen LogP contribution in [0.2, 0.25) is 0 Å². The molecular weight excluding hydrogens is 198 g/mol. The number of nitrogens with zero attached hydrogens (tertiary/aromatic N) is 1. The molecule has 0 saturated heterocycles. The van der Waals surface area contributed by atoms with E-state index in [-0.39, 0.29) is 5.78 Å². The van der Waals surface area contributed by atoms with Crippen LogP contribution >= 0.6 is 0 Å². The van der Waals surface area contributed by atoms with Gasteiger partial charge in [-0.15, -0.1) is 0 Å². The molecule has 0 saturated carbocycles. The molecule has 2 heteroatoms. The fraction of sp³-hybridized carbons (Fsp3) is 0.143. The molecule has 0 N–H and O–H groups in total. The van der Waals surface area contributed by atoms with E-state index in [1.807, 2.05) is 42.5 Å². The fourth-order valence-electron chi connectivity index (χ4n) is 1.72. The zero-order valence-corrected chi connectivity index (χ0v) is 9.18. The Morgan fingerprint density at radius 2 is 1.88 bits per heavy atom. The molecule has 0 aliphatic carbocycles. The van der Waals surface area contributed by atoms with Crippen molar-refractivity contribution in [3.63, 3.8) is 0 Å². The molecule has 0 aliphatic heterocycles. The molecule has 1 heterocycles. The summed E-state index contributed by atoms with van der Waals surface area (Å²) in [7, 11) is 0. The lowest BCUT2D eigenvalue weighted by atomic mass is 10.0. The molecule has 0 aliphatic rings. The standard InChI is InChI=1S/C14H13NO/c1-11(16)14-8-3-2-6-12(14)10-13-7-4-5-9-15-13/h2-9H,10H2,1H3. The number of carbonyl (C=O) groups excluding carboxylic acids is 1. The number of ketones is 1. The summed E-state index contributed by atoms with van der Waals surface area (Å²) in [6.45, 7) is 1.59. The number of benzene rings is 1. The molecular formula is C14H13NO. The highest BCUT2D eigenvalue weighted by Gasteiger charge is 2.06. The number of carbonyl (C=O) groups is 1. The SMILES string of the molecule is CC(=O)c1ccccc1Cc1ccccn1. The predicted octanol–water partition coefficient (Wildman–Crippen LogP) is 2.88. The van der Waals surface area contributed by atoms with Crippen LogP contribution in [0.25, 0.3) is 0 Å². The molecule has 2 rings (SSSR count). The zero-order valence-electron chi connectivity index (χ0n) is 9.18. The van der Waals surface area contributed by atoms with Gasteiger partial charge in [-0.3, -0.25) is 9.78 Å². The first-order valence-corrected chi connectivity index (χ1v) is 5.26. The Morgan fingerprint density at radius 1 is 1.12 bits per heavy atom. The van der Waals surface area contributed by atoms with Crippen molar-refractivity contribution in [3.8, 4) is 0 Å². The van der Waals surface area contributed by atoms with E-state index in [0.29, 0.717) is 6.42 Å². The average Bonchev–Trinajstić information content (AvgIpc) is 2.31. The van der Waals surface area contributed by atoms with Crippen molar-refractivity contribution in [2.24, 2.45) is 0 Å². The summed E-state index contributed by atoms with van der Waals surface area (Å²) in [5, 5.41) is 0. The summed E-state index contributed by atoms with van der Waals surface area (Å²) in [5.74, 6) is 0.103. The second-order valence-electron chi connectivity index (χ2n) is 3.71. The van der Waals surface area contributed by atoms with E-state index in [1.165, 1.54) is 0 Å². The van der Waals surface area contributed by atoms with Gasteiger partial charge in [0.05, 0.1) is 0 Å². The van der Waals surface area contributed by atoms with Crippen LogP contribution in [0.1, 0.15) is 28.5 Å². The van der Waals surface area contributed by atoms with Crippen molar-refractivity contribution in [1.29, 1.82) is 0 Å². The second kappa shape index (κ2) is 4.71. The number of hydrogen-bond donors (Lipinski definition) is 0. The third-order valence-electron chi connectivity index (χ3n) is 2.49. The van der Waals surface area contributed by atoms with Gasteiger partial charge in [-0.25, -0.2) is 0 Å². The molecule has 2 aromatic rings. The van der Waals surface area contributed by atoms with E-state index < -0.39 is 0 Å². The Morgan fingerprint density at radius 3 is 2.56 bits per heavy atom. The van der Waals surface area contributed by atoms with Crippen LogP contribution in [0.3, 0.4) is 0 Å². The molecule has 80 valence electrons. The van der Waals surface area contributed by atoms with Gasteiger partial charge in [0.25, 0.3) is 0 Å². The van der Waals surface area contributed by atoms with Gasteiger partial charge in [0.15, 0.2) is 5.78 Å². The molecule has 0 bridgehead atoms. The summed E-state index contributed by atoms with van der Waals surface area (Å²) in [6.07, 6.45) is 2.47. The number of pyridine rings is 1. The highest BCUT2D eigenvalue weighted by atomic mass is 16.1. The van der Waals surface area contributed by atoms with Crippen LogP contribution in [-0.2, 0) is 6.42 Å². The minimum Gasteiger partial charge on any atom is -0.295 e. The molecule has 0 unspecified atom stereocenters. The number of aromatic nitrogens is 1. The third kappa shape index (κ3) is 2.34. The van der Waals surface area contributed by atoms with Crippen LogP contribution in [0, 0.1) is 0 Å². The molecule has 0 radical (unpaired) electrons. The minimum atomic E-state index is 0.103. The van der Waals surface area contributed by atoms with Gasteiger partial charge in [-0.2, -0.15) is 0 Å². The lowest BCUT2D eigenvalue weighted by Crippen LogP contribution is -2.01. The highest BCUT2D eigenvalue weighted by molar-refractivity contribution is 5.95. The monoisotopic (exact) mass is 211 g/mol. The first-order valence-electron chi connectivity index (χ1n) is 5.26. The van der Waals surface area contributed by atoms with Crippen molar-refractivity contribution < 1.29 is 4.79 Å². The van der Waals surface area contributed by atoms with Gasteiger partial charge >= 0.3 is 0 Å². The van der Waals surface area contributed by atoms with Crippen LogP contribution in [0.5, 0.6) is 0 Å². The maximum atomic E-state index is 11.4. The molecule has 0 fully saturated rings. The highest BCUT2D eigenvalue weighted by Crippen LogP contribution is 2.13. The summed E-state index contributed by atoms with van der Waals surface area (Å²) >= 11 is 0. The molecule has 1 aromatic heterocycles. The molecule has 2 nitrogen and oxygen atoms in total. The van der Waals surface area contributed by atoms with Crippen LogP contribution in [0.15, 0.2) is 48.7 Å². The first kappa shape index (κ1) is 10.6. The predicted molar refractivity (Wildman–Crippen MR) is 63.5 cm³/mol. The third-order valence-corrected chi connectivity index (χ3v) is 2.49. The fourth-order valence-corrected chi connectivity index (χ4v) is 1.72. The number of Topliss-reactive ketones (excluding diaryl/α,β-unsaturated/α-hetero) is 1. The Bertz CT molecular complexity index is 491. The Balaban J connectivity index is 2.31. The summed E-state index contributed by atoms with van der Waals surface area (Å²) in [5.41, 5.74) is 2.80. The van der Waals surface area contributed by atoms with Gasteiger partial charge in [-0.1, -0.05) is 30.3 Å². The molecule has 1 aromatic carbocycles. The average molecular weight is 211 g/mol. The Kier molecular flexibility index (Phi) is 3.10. The quantitative estimate of drug-likeness (QED) is 0.731. The topological polar surface area (TPSA) is 30.0 Å². The van der Waals surface area contributed by atoms with E-state index in [4.69, 9.17) is 0 Å². The van der Waals surface area contributed by atoms with Crippen molar-refractivity contribution in [2.75, 3.05) is 0 Å². The largest absolute Gasteiger partial charge is 0.295 e. The molecule has 0 spiro atoms. The summed E-state index contributed by atoms with van der Waals surface area (Å²) < 4.78 is 0. The minimum absolute atomic E-state index is 0.103. The van der Waals surface area contributed by atoms with E-state index >= 15 is 0 Å². The van der Waals surface area contributed by atoms with E-state index in [1.54, 1.807) is 13.1 Å². The van der Waals surface area contributed by atoms with Crippen LogP contribution in [-0.4, -0.2) is 10.8 Å². The first-order chi connectivity index (χ1) is 7.77. The number of hydrogen-bond acceptors (Lipinski definition) is 2. The Labute approximate surface area is 95.0 Å². The van der Waals surface area contributed by atoms with Crippen molar-refractivity contribution in [1.82, 2.24) is 4.98 Å². The van der Waals surface area contributed by atoms with E-state index in [0.717, 1.165) is 16.8 Å². The molecule has 0 atom stereocenters. The number of rotatable bonds is 3. The smallest absolute Gasteiger partial charge is 0.160 e. The summed E-state index contributed by atoms with van der Waals surface area (Å²) in [4.78, 5) is 15.7. The van der Waals surface area contributed by atoms with Gasteiger partial charge < -0.3 is 0 Å². The van der Waals surface area contributed by atoms with Gasteiger partial charge in [-0.05, 0) is 24.6 Å². The summed E-state index contributed by atoms with van der Waals surface area (Å²) in [6, 6.07) is 13.5.